The summed E-state index contributed by atoms with van der Waals surface area (Å²) >= 11 is 0. The molecule has 2 rings (SSSR count). The van der Waals surface area contributed by atoms with Crippen molar-refractivity contribution in [3.8, 4) is 0 Å². The van der Waals surface area contributed by atoms with E-state index < -0.39 is 5.95 Å². The Kier molecular flexibility index (Phi) is 3.13. The Morgan fingerprint density at radius 3 is 3.00 bits per heavy atom. The molecule has 0 radical (unpaired) electrons. The lowest BCUT2D eigenvalue weighted by molar-refractivity contribution is 0.0778. The van der Waals surface area contributed by atoms with Crippen molar-refractivity contribution in [3.63, 3.8) is 0 Å². The number of carbonyl (C=O) groups is 1. The third-order valence-electron chi connectivity index (χ3n) is 2.26. The quantitative estimate of drug-likeness (QED) is 0.812. The van der Waals surface area contributed by atoms with Crippen LogP contribution in [0.3, 0.4) is 0 Å². The highest BCUT2D eigenvalue weighted by Crippen LogP contribution is 2.05. The van der Waals surface area contributed by atoms with Crippen LogP contribution in [0, 0.1) is 5.95 Å². The Hall–Kier alpha value is -2.24. The molecule has 88 valence electrons. The number of carbonyl (C=O) groups excluding carboxylic acids is 1. The molecule has 2 aromatic rings. The zero-order valence-electron chi connectivity index (χ0n) is 9.22. The molecular formula is C11H11FN4O. The molecule has 0 spiro atoms. The molecular weight excluding hydrogens is 223 g/mol. The summed E-state index contributed by atoms with van der Waals surface area (Å²) < 4.78 is 12.9. The smallest absolute Gasteiger partial charge is 0.272 e. The number of hydrogen-bond donors (Lipinski definition) is 1. The molecule has 17 heavy (non-hydrogen) atoms. The van der Waals surface area contributed by atoms with E-state index in [1.54, 1.807) is 19.4 Å². The van der Waals surface area contributed by atoms with Gasteiger partial charge in [-0.2, -0.15) is 9.49 Å². The van der Waals surface area contributed by atoms with Gasteiger partial charge in [-0.1, -0.05) is 6.07 Å². The lowest BCUT2D eigenvalue weighted by Gasteiger charge is -2.15. The van der Waals surface area contributed by atoms with E-state index in [1.165, 1.54) is 23.1 Å². The van der Waals surface area contributed by atoms with Gasteiger partial charge in [0.2, 0.25) is 5.95 Å². The number of amides is 1. The summed E-state index contributed by atoms with van der Waals surface area (Å²) in [6.45, 7) is 0.396. The highest BCUT2D eigenvalue weighted by Gasteiger charge is 2.14. The van der Waals surface area contributed by atoms with E-state index >= 15 is 0 Å². The van der Waals surface area contributed by atoms with Crippen molar-refractivity contribution in [1.82, 2.24) is 20.1 Å². The summed E-state index contributed by atoms with van der Waals surface area (Å²) in [5.41, 5.74) is 0.966. The van der Waals surface area contributed by atoms with Gasteiger partial charge in [0.05, 0.1) is 6.20 Å². The molecule has 0 aliphatic rings. The first-order chi connectivity index (χ1) is 8.16. The average Bonchev–Trinajstić information content (AvgIpc) is 2.80. The van der Waals surface area contributed by atoms with Gasteiger partial charge in [-0.05, 0) is 12.1 Å². The van der Waals surface area contributed by atoms with Crippen LogP contribution in [0.25, 0.3) is 0 Å². The Balaban J connectivity index is 2.09. The van der Waals surface area contributed by atoms with Gasteiger partial charge in [-0.25, -0.2) is 4.98 Å². The van der Waals surface area contributed by atoms with Crippen LogP contribution in [0.2, 0.25) is 0 Å². The van der Waals surface area contributed by atoms with Crippen LogP contribution in [-0.2, 0) is 6.54 Å². The van der Waals surface area contributed by atoms with Gasteiger partial charge in [0.1, 0.15) is 5.69 Å². The molecule has 0 bridgehead atoms. The molecule has 0 fully saturated rings. The second-order valence-corrected chi connectivity index (χ2v) is 3.61. The predicted molar refractivity (Wildman–Crippen MR) is 58.6 cm³/mol. The van der Waals surface area contributed by atoms with E-state index in [-0.39, 0.29) is 11.6 Å². The van der Waals surface area contributed by atoms with Gasteiger partial charge < -0.3 is 4.90 Å². The van der Waals surface area contributed by atoms with Crippen LogP contribution in [0.1, 0.15) is 16.1 Å². The third-order valence-corrected chi connectivity index (χ3v) is 2.26. The number of nitrogens with zero attached hydrogens (tertiary/aromatic N) is 3. The first-order valence-electron chi connectivity index (χ1n) is 5.02. The van der Waals surface area contributed by atoms with E-state index in [4.69, 9.17) is 0 Å². The summed E-state index contributed by atoms with van der Waals surface area (Å²) in [5.74, 6) is -0.988. The second kappa shape index (κ2) is 4.73. The van der Waals surface area contributed by atoms with Gasteiger partial charge in [0.15, 0.2) is 0 Å². The molecule has 0 atom stereocenters. The lowest BCUT2D eigenvalue weighted by atomic mass is 10.3. The summed E-state index contributed by atoms with van der Waals surface area (Å²) in [5, 5.41) is 6.44. The minimum atomic E-state index is -0.660. The summed E-state index contributed by atoms with van der Waals surface area (Å²) in [7, 11) is 1.63. The Morgan fingerprint density at radius 2 is 2.35 bits per heavy atom. The average molecular weight is 234 g/mol. The molecule has 0 saturated carbocycles. The normalized spacial score (nSPS) is 10.2. The third kappa shape index (κ3) is 2.66. The number of rotatable bonds is 3. The fourth-order valence-corrected chi connectivity index (χ4v) is 1.43. The zero-order valence-corrected chi connectivity index (χ0v) is 9.22. The van der Waals surface area contributed by atoms with Gasteiger partial charge in [-0.3, -0.25) is 9.89 Å². The summed E-state index contributed by atoms with van der Waals surface area (Å²) in [4.78, 5) is 16.9. The molecule has 0 unspecified atom stereocenters. The second-order valence-electron chi connectivity index (χ2n) is 3.61. The standard InChI is InChI=1S/C11H11FN4O/c1-16(7-8-5-13-14-6-8)11(17)9-3-2-4-10(12)15-9/h2-6H,7H2,1H3,(H,13,14). The van der Waals surface area contributed by atoms with Crippen LogP contribution in [-0.4, -0.2) is 33.0 Å². The fourth-order valence-electron chi connectivity index (χ4n) is 1.43. The monoisotopic (exact) mass is 234 g/mol. The molecule has 2 aromatic heterocycles. The van der Waals surface area contributed by atoms with E-state index in [9.17, 15) is 9.18 Å². The minimum absolute atomic E-state index is 0.0935. The molecule has 0 saturated heterocycles. The Bertz CT molecular complexity index is 512. The van der Waals surface area contributed by atoms with Crippen molar-refractivity contribution in [1.29, 1.82) is 0 Å². The maximum absolute atomic E-state index is 12.9. The van der Waals surface area contributed by atoms with Crippen molar-refractivity contribution in [2.45, 2.75) is 6.54 Å². The lowest BCUT2D eigenvalue weighted by Crippen LogP contribution is -2.27. The molecule has 0 aliphatic carbocycles. The van der Waals surface area contributed by atoms with Gasteiger partial charge in [0.25, 0.3) is 5.91 Å². The van der Waals surface area contributed by atoms with E-state index in [1.807, 2.05) is 0 Å². The molecule has 6 heteroatoms. The molecule has 1 N–H and O–H groups in total. The van der Waals surface area contributed by atoms with E-state index in [2.05, 4.69) is 15.2 Å². The maximum atomic E-state index is 12.9. The number of aromatic amines is 1. The van der Waals surface area contributed by atoms with Crippen LogP contribution in [0.5, 0.6) is 0 Å². The maximum Gasteiger partial charge on any atom is 0.272 e. The number of aromatic nitrogens is 3. The number of nitrogens with one attached hydrogen (secondary N) is 1. The largest absolute Gasteiger partial charge is 0.336 e. The van der Waals surface area contributed by atoms with Crippen LogP contribution < -0.4 is 0 Å². The van der Waals surface area contributed by atoms with E-state index in [0.717, 1.165) is 5.56 Å². The van der Waals surface area contributed by atoms with Crippen molar-refractivity contribution < 1.29 is 9.18 Å². The predicted octanol–water partition coefficient (Wildman–Crippen LogP) is 1.22. The minimum Gasteiger partial charge on any atom is -0.336 e. The number of H-pyrrole nitrogens is 1. The Labute approximate surface area is 97.3 Å². The number of hydrogen-bond acceptors (Lipinski definition) is 3. The van der Waals surface area contributed by atoms with Crippen molar-refractivity contribution in [3.05, 3.63) is 47.8 Å². The van der Waals surface area contributed by atoms with Crippen LogP contribution >= 0.6 is 0 Å². The highest BCUT2D eigenvalue weighted by molar-refractivity contribution is 5.91. The molecule has 0 aliphatic heterocycles. The molecule has 5 nitrogen and oxygen atoms in total. The van der Waals surface area contributed by atoms with Crippen LogP contribution in [0.15, 0.2) is 30.6 Å². The first kappa shape index (κ1) is 11.3. The first-order valence-corrected chi connectivity index (χ1v) is 5.02. The summed E-state index contributed by atoms with van der Waals surface area (Å²) in [6, 6.07) is 4.14. The van der Waals surface area contributed by atoms with Crippen molar-refractivity contribution in [2.75, 3.05) is 7.05 Å². The molecule has 1 amide bonds. The Morgan fingerprint density at radius 1 is 1.53 bits per heavy atom. The number of pyridine rings is 1. The van der Waals surface area contributed by atoms with Crippen molar-refractivity contribution >= 4 is 5.91 Å². The summed E-state index contributed by atoms with van der Waals surface area (Å²) in [6.07, 6.45) is 3.32. The molecule has 2 heterocycles. The molecule has 0 aromatic carbocycles. The van der Waals surface area contributed by atoms with Gasteiger partial charge in [-0.15, -0.1) is 0 Å². The number of halogens is 1. The van der Waals surface area contributed by atoms with Gasteiger partial charge in [0, 0.05) is 25.4 Å². The van der Waals surface area contributed by atoms with Gasteiger partial charge >= 0.3 is 0 Å². The SMILES string of the molecule is CN(Cc1cn[nH]c1)C(=O)c1cccc(F)n1. The van der Waals surface area contributed by atoms with E-state index in [0.29, 0.717) is 6.54 Å². The van der Waals surface area contributed by atoms with Crippen molar-refractivity contribution in [2.24, 2.45) is 0 Å². The fraction of sp³-hybridized carbons (Fsp3) is 0.182. The zero-order chi connectivity index (χ0) is 12.3. The highest BCUT2D eigenvalue weighted by atomic mass is 19.1. The van der Waals surface area contributed by atoms with Crippen LogP contribution in [0.4, 0.5) is 4.39 Å². The topological polar surface area (TPSA) is 61.9 Å².